The first-order chi connectivity index (χ1) is 6.74. The fourth-order valence-corrected chi connectivity index (χ4v) is 1.77. The van der Waals surface area contributed by atoms with Crippen molar-refractivity contribution < 1.29 is 10.2 Å². The molecule has 1 heterocycles. The predicted octanol–water partition coefficient (Wildman–Crippen LogP) is -0.166. The van der Waals surface area contributed by atoms with Gasteiger partial charge in [0.15, 0.2) is 0 Å². The van der Waals surface area contributed by atoms with Gasteiger partial charge in [0.2, 0.25) is 0 Å². The molecule has 0 aliphatic carbocycles. The van der Waals surface area contributed by atoms with Gasteiger partial charge in [-0.25, -0.2) is 0 Å². The quantitative estimate of drug-likeness (QED) is 0.500. The van der Waals surface area contributed by atoms with Crippen LogP contribution in [0, 0.1) is 0 Å². The minimum Gasteiger partial charge on any atom is -0.388 e. The Morgan fingerprint density at radius 2 is 2.00 bits per heavy atom. The maximum absolute atomic E-state index is 9.79. The number of fused-ring (bicyclic) bond motifs is 1. The molecule has 0 bridgehead atoms. The zero-order valence-corrected chi connectivity index (χ0v) is 7.72. The van der Waals surface area contributed by atoms with Crippen LogP contribution in [0.5, 0.6) is 0 Å². The Bertz CT molecular complexity index is 330. The topological polar surface area (TPSA) is 78.5 Å². The van der Waals surface area contributed by atoms with E-state index in [1.165, 1.54) is 0 Å². The van der Waals surface area contributed by atoms with Crippen molar-refractivity contribution in [3.63, 3.8) is 0 Å². The number of aliphatic hydroxyl groups is 2. The first-order valence-electron chi connectivity index (χ1n) is 4.65. The monoisotopic (exact) mass is 194 g/mol. The number of rotatable bonds is 1. The minimum atomic E-state index is -0.846. The number of anilines is 1. The third-order valence-electron chi connectivity index (χ3n) is 2.61. The van der Waals surface area contributed by atoms with Crippen molar-refractivity contribution >= 4 is 5.69 Å². The van der Waals surface area contributed by atoms with E-state index in [1.807, 2.05) is 18.2 Å². The Labute approximate surface area is 82.4 Å². The van der Waals surface area contributed by atoms with Gasteiger partial charge in [0.25, 0.3) is 0 Å². The van der Waals surface area contributed by atoms with Gasteiger partial charge in [-0.2, -0.15) is 0 Å². The molecule has 0 aromatic heterocycles. The van der Waals surface area contributed by atoms with Crippen LogP contribution in [0.15, 0.2) is 24.3 Å². The van der Waals surface area contributed by atoms with Crippen LogP contribution in [0.2, 0.25) is 0 Å². The molecule has 1 aromatic carbocycles. The Morgan fingerprint density at radius 1 is 1.29 bits per heavy atom. The van der Waals surface area contributed by atoms with Crippen LogP contribution < -0.4 is 11.1 Å². The van der Waals surface area contributed by atoms with Crippen molar-refractivity contribution in [3.8, 4) is 0 Å². The van der Waals surface area contributed by atoms with E-state index in [4.69, 9.17) is 5.73 Å². The Balaban J connectivity index is 2.37. The van der Waals surface area contributed by atoms with Crippen molar-refractivity contribution in [3.05, 3.63) is 29.8 Å². The Kier molecular flexibility index (Phi) is 2.41. The normalized spacial score (nSPS) is 30.6. The molecule has 0 unspecified atom stereocenters. The number of hydrogen-bond donors (Lipinski definition) is 4. The SMILES string of the molecule is NC[C@@H]1Nc2ccccc2[C@H](O)[C@@H]1O. The Hall–Kier alpha value is -1.10. The molecule has 76 valence electrons. The highest BCUT2D eigenvalue weighted by Gasteiger charge is 2.32. The van der Waals surface area contributed by atoms with E-state index in [1.54, 1.807) is 6.07 Å². The van der Waals surface area contributed by atoms with Gasteiger partial charge in [-0.1, -0.05) is 18.2 Å². The van der Waals surface area contributed by atoms with Crippen molar-refractivity contribution in [2.45, 2.75) is 18.2 Å². The smallest absolute Gasteiger partial charge is 0.109 e. The first kappa shape index (κ1) is 9.45. The maximum atomic E-state index is 9.79. The van der Waals surface area contributed by atoms with Crippen LogP contribution in [0.1, 0.15) is 11.7 Å². The molecule has 0 fully saturated rings. The molecule has 3 atom stereocenters. The maximum Gasteiger partial charge on any atom is 0.109 e. The molecule has 0 saturated heterocycles. The lowest BCUT2D eigenvalue weighted by molar-refractivity contribution is 0.00411. The molecule has 1 aliphatic heterocycles. The van der Waals surface area contributed by atoms with E-state index < -0.39 is 12.2 Å². The summed E-state index contributed by atoms with van der Waals surface area (Å²) in [6.45, 7) is 0.298. The third-order valence-corrected chi connectivity index (χ3v) is 2.61. The first-order valence-corrected chi connectivity index (χ1v) is 4.65. The number of nitrogens with two attached hydrogens (primary N) is 1. The highest BCUT2D eigenvalue weighted by molar-refractivity contribution is 5.55. The molecule has 1 aliphatic rings. The second-order valence-electron chi connectivity index (χ2n) is 3.51. The largest absolute Gasteiger partial charge is 0.388 e. The summed E-state index contributed by atoms with van der Waals surface area (Å²) in [5.74, 6) is 0. The average molecular weight is 194 g/mol. The number of benzene rings is 1. The zero-order chi connectivity index (χ0) is 10.1. The van der Waals surface area contributed by atoms with Crippen LogP contribution in [-0.2, 0) is 0 Å². The van der Waals surface area contributed by atoms with Gasteiger partial charge < -0.3 is 21.3 Å². The lowest BCUT2D eigenvalue weighted by Crippen LogP contribution is -2.46. The molecule has 4 heteroatoms. The van der Waals surface area contributed by atoms with Crippen LogP contribution in [-0.4, -0.2) is 28.9 Å². The molecule has 0 radical (unpaired) electrons. The highest BCUT2D eigenvalue weighted by atomic mass is 16.3. The van der Waals surface area contributed by atoms with Crippen molar-refractivity contribution in [1.82, 2.24) is 0 Å². The number of para-hydroxylation sites is 1. The molecule has 0 amide bonds. The molecule has 0 spiro atoms. The number of hydrogen-bond acceptors (Lipinski definition) is 4. The second kappa shape index (κ2) is 3.57. The van der Waals surface area contributed by atoms with E-state index in [0.717, 1.165) is 11.3 Å². The van der Waals surface area contributed by atoms with Crippen LogP contribution >= 0.6 is 0 Å². The summed E-state index contributed by atoms with van der Waals surface area (Å²) in [6.07, 6.45) is -1.68. The number of aliphatic hydroxyl groups excluding tert-OH is 2. The van der Waals surface area contributed by atoms with E-state index in [-0.39, 0.29) is 6.04 Å². The van der Waals surface area contributed by atoms with Crippen molar-refractivity contribution in [2.24, 2.45) is 5.73 Å². The zero-order valence-electron chi connectivity index (χ0n) is 7.72. The van der Waals surface area contributed by atoms with E-state index in [2.05, 4.69) is 5.32 Å². The predicted molar refractivity (Wildman–Crippen MR) is 53.9 cm³/mol. The third kappa shape index (κ3) is 1.37. The summed E-state index contributed by atoms with van der Waals surface area (Å²) in [4.78, 5) is 0. The summed E-state index contributed by atoms with van der Waals surface area (Å²) in [5, 5.41) is 22.6. The molecule has 1 aromatic rings. The van der Waals surface area contributed by atoms with Gasteiger partial charge in [-0.15, -0.1) is 0 Å². The van der Waals surface area contributed by atoms with Crippen molar-refractivity contribution in [1.29, 1.82) is 0 Å². The molecule has 2 rings (SSSR count). The van der Waals surface area contributed by atoms with Crippen LogP contribution in [0.4, 0.5) is 5.69 Å². The van der Waals surface area contributed by atoms with Gasteiger partial charge in [0.05, 0.1) is 6.04 Å². The Morgan fingerprint density at radius 3 is 2.71 bits per heavy atom. The summed E-state index contributed by atoms with van der Waals surface area (Å²) in [7, 11) is 0. The van der Waals surface area contributed by atoms with Gasteiger partial charge in [0.1, 0.15) is 12.2 Å². The average Bonchev–Trinajstić information content (AvgIpc) is 2.23. The van der Waals surface area contributed by atoms with Gasteiger partial charge >= 0.3 is 0 Å². The van der Waals surface area contributed by atoms with E-state index in [0.29, 0.717) is 6.54 Å². The molecular formula is C10H14N2O2. The fraction of sp³-hybridized carbons (Fsp3) is 0.400. The molecule has 4 nitrogen and oxygen atoms in total. The summed E-state index contributed by atoms with van der Waals surface area (Å²) < 4.78 is 0. The fourth-order valence-electron chi connectivity index (χ4n) is 1.77. The lowest BCUT2D eigenvalue weighted by Gasteiger charge is -2.34. The summed E-state index contributed by atoms with van der Waals surface area (Å²) >= 11 is 0. The number of nitrogens with one attached hydrogen (secondary N) is 1. The molecule has 14 heavy (non-hydrogen) atoms. The van der Waals surface area contributed by atoms with Crippen molar-refractivity contribution in [2.75, 3.05) is 11.9 Å². The van der Waals surface area contributed by atoms with Gasteiger partial charge in [-0.3, -0.25) is 0 Å². The molecular weight excluding hydrogens is 180 g/mol. The van der Waals surface area contributed by atoms with Crippen LogP contribution in [0.25, 0.3) is 0 Å². The van der Waals surface area contributed by atoms with Gasteiger partial charge in [-0.05, 0) is 6.07 Å². The van der Waals surface area contributed by atoms with E-state index in [9.17, 15) is 10.2 Å². The van der Waals surface area contributed by atoms with E-state index >= 15 is 0 Å². The van der Waals surface area contributed by atoms with Gasteiger partial charge in [0, 0.05) is 17.8 Å². The molecule has 5 N–H and O–H groups in total. The second-order valence-corrected chi connectivity index (χ2v) is 3.51. The molecule has 0 saturated carbocycles. The lowest BCUT2D eigenvalue weighted by atomic mass is 9.92. The standard InChI is InChI=1S/C10H14N2O2/c11-5-8-10(14)9(13)6-3-1-2-4-7(6)12-8/h1-4,8-10,12-14H,5,11H2/t8-,9-,10+/m0/s1. The summed E-state index contributed by atoms with van der Waals surface area (Å²) in [6, 6.07) is 7.10. The van der Waals surface area contributed by atoms with Crippen LogP contribution in [0.3, 0.4) is 0 Å². The summed E-state index contributed by atoms with van der Waals surface area (Å²) in [5.41, 5.74) is 7.05. The highest BCUT2D eigenvalue weighted by Crippen LogP contribution is 2.31. The minimum absolute atomic E-state index is 0.278.